The topological polar surface area (TPSA) is 3.24 Å². The van der Waals surface area contributed by atoms with Crippen LogP contribution < -0.4 is 4.90 Å². The number of anilines is 2. The second-order valence-corrected chi connectivity index (χ2v) is 8.11. The van der Waals surface area contributed by atoms with Crippen molar-refractivity contribution in [3.8, 4) is 0 Å². The lowest BCUT2D eigenvalue weighted by molar-refractivity contribution is 1.22. The molecule has 1 aliphatic rings. The van der Waals surface area contributed by atoms with E-state index in [1.165, 1.54) is 26.7 Å². The van der Waals surface area contributed by atoms with E-state index in [0.717, 1.165) is 10.1 Å². The normalized spacial score (nSPS) is 12.4. The molecule has 3 aromatic rings. The highest BCUT2D eigenvalue weighted by Gasteiger charge is 2.25. The van der Waals surface area contributed by atoms with Gasteiger partial charge >= 0.3 is 0 Å². The maximum absolute atomic E-state index is 5.81. The summed E-state index contributed by atoms with van der Waals surface area (Å²) in [6.45, 7) is 0. The molecule has 4 rings (SSSR count). The first-order valence-corrected chi connectivity index (χ1v) is 9.91. The van der Waals surface area contributed by atoms with Crippen LogP contribution in [0.2, 0.25) is 0 Å². The molecule has 0 spiro atoms. The van der Waals surface area contributed by atoms with Crippen LogP contribution in [0.25, 0.3) is 0 Å². The Hall–Kier alpha value is -1.75. The predicted molar refractivity (Wildman–Crippen MR) is 109 cm³/mol. The minimum Gasteiger partial charge on any atom is -0.294 e. The van der Waals surface area contributed by atoms with Crippen molar-refractivity contribution in [1.82, 2.24) is 0 Å². The maximum atomic E-state index is 5.81. The van der Waals surface area contributed by atoms with Crippen LogP contribution in [0.5, 0.6) is 0 Å². The zero-order chi connectivity index (χ0) is 16.4. The van der Waals surface area contributed by atoms with E-state index in [2.05, 4.69) is 77.7 Å². The predicted octanol–water partition coefficient (Wildman–Crippen LogP) is 6.51. The summed E-state index contributed by atoms with van der Waals surface area (Å²) in [5.74, 6) is 0.883. The summed E-state index contributed by atoms with van der Waals surface area (Å²) in [5, 5.41) is 0. The fourth-order valence-corrected chi connectivity index (χ4v) is 4.92. The third-order valence-electron chi connectivity index (χ3n) is 3.82. The van der Waals surface area contributed by atoms with Crippen LogP contribution >= 0.6 is 35.7 Å². The molecule has 0 saturated carbocycles. The number of para-hydroxylation sites is 2. The van der Waals surface area contributed by atoms with Gasteiger partial charge in [0.25, 0.3) is 0 Å². The van der Waals surface area contributed by atoms with Crippen molar-refractivity contribution in [3.05, 3.63) is 84.4 Å². The van der Waals surface area contributed by atoms with Crippen molar-refractivity contribution >= 4 is 51.4 Å². The zero-order valence-electron chi connectivity index (χ0n) is 12.9. The number of benzene rings is 3. The van der Waals surface area contributed by atoms with Crippen LogP contribution in [-0.4, -0.2) is 4.32 Å². The number of hydrogen-bond donors (Lipinski definition) is 0. The Morgan fingerprint density at radius 3 is 1.96 bits per heavy atom. The number of thiocarbonyl (C=S) groups is 1. The van der Waals surface area contributed by atoms with E-state index < -0.39 is 0 Å². The second-order valence-electron chi connectivity index (χ2n) is 5.41. The van der Waals surface area contributed by atoms with Crippen LogP contribution in [0.3, 0.4) is 0 Å². The summed E-state index contributed by atoms with van der Waals surface area (Å²) < 4.78 is 0.888. The van der Waals surface area contributed by atoms with E-state index in [9.17, 15) is 0 Å². The van der Waals surface area contributed by atoms with Gasteiger partial charge in [0.2, 0.25) is 0 Å². The molecule has 0 amide bonds. The molecule has 0 saturated heterocycles. The highest BCUT2D eigenvalue weighted by Crippen LogP contribution is 2.49. The van der Waals surface area contributed by atoms with Gasteiger partial charge in [0.1, 0.15) is 4.32 Å². The molecule has 0 radical (unpaired) electrons. The second kappa shape index (κ2) is 7.01. The first-order valence-electron chi connectivity index (χ1n) is 7.69. The third kappa shape index (κ3) is 3.09. The van der Waals surface area contributed by atoms with Crippen molar-refractivity contribution < 1.29 is 0 Å². The lowest BCUT2D eigenvalue weighted by atomic mass is 10.2. The standard InChI is InChI=1S/C20H15NS3/c22-20(23-14-15-8-2-1-3-9-15)21-16-10-4-6-12-18(16)24-19-13-7-5-11-17(19)21/h1-13H,14H2. The van der Waals surface area contributed by atoms with Crippen molar-refractivity contribution in [2.75, 3.05) is 4.90 Å². The van der Waals surface area contributed by atoms with Crippen LogP contribution in [0.4, 0.5) is 11.4 Å². The van der Waals surface area contributed by atoms with Crippen LogP contribution in [0, 0.1) is 0 Å². The van der Waals surface area contributed by atoms with E-state index >= 15 is 0 Å². The summed E-state index contributed by atoms with van der Waals surface area (Å²) in [5.41, 5.74) is 3.64. The van der Waals surface area contributed by atoms with Gasteiger partial charge in [0.15, 0.2) is 0 Å². The number of thioether (sulfide) groups is 1. The molecule has 24 heavy (non-hydrogen) atoms. The molecule has 1 nitrogen and oxygen atoms in total. The van der Waals surface area contributed by atoms with E-state index in [1.807, 2.05) is 17.8 Å². The first kappa shape index (κ1) is 15.8. The monoisotopic (exact) mass is 365 g/mol. The summed E-state index contributed by atoms with van der Waals surface area (Å²) in [6.07, 6.45) is 0. The van der Waals surface area contributed by atoms with Gasteiger partial charge in [-0.25, -0.2) is 0 Å². The molecule has 1 aliphatic heterocycles. The number of nitrogens with zero attached hydrogens (tertiary/aromatic N) is 1. The molecular weight excluding hydrogens is 350 g/mol. The minimum absolute atomic E-state index is 0.883. The van der Waals surface area contributed by atoms with Crippen molar-refractivity contribution in [2.45, 2.75) is 15.5 Å². The van der Waals surface area contributed by atoms with Gasteiger partial charge in [-0.15, -0.1) is 0 Å². The molecule has 4 heteroatoms. The highest BCUT2D eigenvalue weighted by molar-refractivity contribution is 8.22. The number of fused-ring (bicyclic) bond motifs is 2. The molecule has 1 heterocycles. The number of rotatable bonds is 2. The average Bonchev–Trinajstić information content (AvgIpc) is 2.65. The molecule has 3 aromatic carbocycles. The summed E-state index contributed by atoms with van der Waals surface area (Å²) in [7, 11) is 0. The van der Waals surface area contributed by atoms with E-state index in [4.69, 9.17) is 12.2 Å². The molecule has 0 fully saturated rings. The van der Waals surface area contributed by atoms with Crippen LogP contribution in [0.15, 0.2) is 88.7 Å². The Kier molecular flexibility index (Phi) is 4.60. The van der Waals surface area contributed by atoms with Crippen molar-refractivity contribution in [3.63, 3.8) is 0 Å². The SMILES string of the molecule is S=C(SCc1ccccc1)N1c2ccccc2Sc2ccccc21. The Morgan fingerprint density at radius 1 is 0.792 bits per heavy atom. The Bertz CT molecular complexity index is 831. The van der Waals surface area contributed by atoms with E-state index in [-0.39, 0.29) is 0 Å². The fourth-order valence-electron chi connectivity index (χ4n) is 2.69. The molecule has 0 aliphatic carbocycles. The van der Waals surface area contributed by atoms with Gasteiger partial charge in [-0.3, -0.25) is 4.90 Å². The summed E-state index contributed by atoms with van der Waals surface area (Å²) in [4.78, 5) is 4.71. The third-order valence-corrected chi connectivity index (χ3v) is 6.39. The molecule has 0 atom stereocenters. The molecule has 0 unspecified atom stereocenters. The van der Waals surface area contributed by atoms with Gasteiger partial charge in [0, 0.05) is 15.5 Å². The van der Waals surface area contributed by atoms with E-state index in [0.29, 0.717) is 0 Å². The van der Waals surface area contributed by atoms with Crippen LogP contribution in [0.1, 0.15) is 5.56 Å². The van der Waals surface area contributed by atoms with Crippen LogP contribution in [-0.2, 0) is 5.75 Å². The van der Waals surface area contributed by atoms with Crippen molar-refractivity contribution in [2.24, 2.45) is 0 Å². The summed E-state index contributed by atoms with van der Waals surface area (Å²) in [6, 6.07) is 27.4. The van der Waals surface area contributed by atoms with Crippen molar-refractivity contribution in [1.29, 1.82) is 0 Å². The average molecular weight is 366 g/mol. The highest BCUT2D eigenvalue weighted by atomic mass is 32.2. The smallest absolute Gasteiger partial charge is 0.145 e. The molecule has 0 bridgehead atoms. The fraction of sp³-hybridized carbons (Fsp3) is 0.0500. The molecule has 118 valence electrons. The quantitative estimate of drug-likeness (QED) is 0.476. The van der Waals surface area contributed by atoms with Gasteiger partial charge in [-0.2, -0.15) is 0 Å². The van der Waals surface area contributed by atoms with Gasteiger partial charge in [-0.1, -0.05) is 90.3 Å². The zero-order valence-corrected chi connectivity index (χ0v) is 15.3. The molecule has 0 N–H and O–H groups in total. The van der Waals surface area contributed by atoms with Gasteiger partial charge < -0.3 is 0 Å². The lowest BCUT2D eigenvalue weighted by Gasteiger charge is -2.32. The number of hydrogen-bond acceptors (Lipinski definition) is 3. The lowest BCUT2D eigenvalue weighted by Crippen LogP contribution is -2.24. The Labute approximate surface area is 156 Å². The first-order chi connectivity index (χ1) is 11.8. The summed E-state index contributed by atoms with van der Waals surface area (Å²) >= 11 is 9.32. The Balaban J connectivity index is 1.65. The molecule has 0 aromatic heterocycles. The van der Waals surface area contributed by atoms with Gasteiger partial charge in [-0.05, 0) is 29.8 Å². The molecular formula is C20H15NS3. The minimum atomic E-state index is 0.883. The largest absolute Gasteiger partial charge is 0.294 e. The maximum Gasteiger partial charge on any atom is 0.145 e. The Morgan fingerprint density at radius 2 is 1.33 bits per heavy atom. The van der Waals surface area contributed by atoms with E-state index in [1.54, 1.807) is 11.8 Å². The van der Waals surface area contributed by atoms with Gasteiger partial charge in [0.05, 0.1) is 11.4 Å².